The van der Waals surface area contributed by atoms with E-state index < -0.39 is 10.0 Å². The third-order valence-electron chi connectivity index (χ3n) is 4.76. The molecule has 162 valence electrons. The summed E-state index contributed by atoms with van der Waals surface area (Å²) in [5.74, 6) is 1.85. The summed E-state index contributed by atoms with van der Waals surface area (Å²) in [4.78, 5) is 0. The lowest BCUT2D eigenvalue weighted by molar-refractivity contribution is 0.408. The molecule has 0 aliphatic heterocycles. The Bertz CT molecular complexity index is 1110. The highest BCUT2D eigenvalue weighted by atomic mass is 32.2. The molecule has 0 N–H and O–H groups in total. The third kappa shape index (κ3) is 4.63. The fraction of sp³-hybridized carbons (Fsp3) is 0.429. The maximum absolute atomic E-state index is 12.2. The second-order valence-corrected chi connectivity index (χ2v) is 11.2. The Labute approximate surface area is 182 Å². The first-order valence-corrected chi connectivity index (χ1v) is 12.1. The molecule has 2 aromatic heterocycles. The molecule has 30 heavy (non-hydrogen) atoms. The second-order valence-electron chi connectivity index (χ2n) is 8.17. The average molecular weight is 449 g/mol. The molecule has 0 saturated heterocycles. The zero-order chi connectivity index (χ0) is 22.1. The van der Waals surface area contributed by atoms with Crippen molar-refractivity contribution in [1.29, 1.82) is 0 Å². The minimum atomic E-state index is -3.57. The first-order chi connectivity index (χ1) is 14.0. The SMILES string of the molecule is CCn1c(SCc2ccc(S(=O)(=O)N(C)C)o2)nnc1-c1ccc(C(C)(C)C)cc1. The van der Waals surface area contributed by atoms with E-state index in [1.165, 1.54) is 37.5 Å². The molecule has 0 amide bonds. The van der Waals surface area contributed by atoms with Crippen LogP contribution in [-0.2, 0) is 27.7 Å². The number of hydrogen-bond donors (Lipinski definition) is 0. The molecule has 9 heteroatoms. The fourth-order valence-electron chi connectivity index (χ4n) is 2.90. The number of hydrogen-bond acceptors (Lipinski definition) is 6. The van der Waals surface area contributed by atoms with Crippen molar-refractivity contribution in [1.82, 2.24) is 19.1 Å². The van der Waals surface area contributed by atoms with Gasteiger partial charge in [-0.15, -0.1) is 10.2 Å². The number of rotatable bonds is 7. The van der Waals surface area contributed by atoms with Gasteiger partial charge in [0.1, 0.15) is 5.76 Å². The Morgan fingerprint density at radius 2 is 1.73 bits per heavy atom. The summed E-state index contributed by atoms with van der Waals surface area (Å²) in [5.41, 5.74) is 2.38. The number of benzene rings is 1. The highest BCUT2D eigenvalue weighted by Crippen LogP contribution is 2.29. The summed E-state index contributed by atoms with van der Waals surface area (Å²) in [5, 5.41) is 9.44. The van der Waals surface area contributed by atoms with E-state index in [1.54, 1.807) is 6.07 Å². The summed E-state index contributed by atoms with van der Waals surface area (Å²) in [6.07, 6.45) is 0. The van der Waals surface area contributed by atoms with E-state index in [4.69, 9.17) is 4.42 Å². The Hall–Kier alpha value is -2.10. The van der Waals surface area contributed by atoms with Crippen molar-refractivity contribution in [3.05, 3.63) is 47.7 Å². The van der Waals surface area contributed by atoms with Crippen LogP contribution >= 0.6 is 11.8 Å². The lowest BCUT2D eigenvalue weighted by Crippen LogP contribution is -2.21. The second kappa shape index (κ2) is 8.56. The van der Waals surface area contributed by atoms with Gasteiger partial charge in [-0.25, -0.2) is 12.7 Å². The zero-order valence-electron chi connectivity index (χ0n) is 18.2. The van der Waals surface area contributed by atoms with Gasteiger partial charge in [-0.05, 0) is 30.0 Å². The number of aromatic nitrogens is 3. The van der Waals surface area contributed by atoms with Gasteiger partial charge in [-0.3, -0.25) is 0 Å². The van der Waals surface area contributed by atoms with Gasteiger partial charge in [0.05, 0.1) is 5.75 Å². The van der Waals surface area contributed by atoms with E-state index in [0.29, 0.717) is 11.5 Å². The van der Waals surface area contributed by atoms with Crippen molar-refractivity contribution in [2.45, 2.75) is 55.7 Å². The molecular formula is C21H28N4O3S2. The molecule has 0 bridgehead atoms. The molecule has 0 radical (unpaired) electrons. The molecule has 3 aromatic rings. The highest BCUT2D eigenvalue weighted by molar-refractivity contribution is 7.98. The van der Waals surface area contributed by atoms with Crippen LogP contribution in [0.5, 0.6) is 0 Å². The number of sulfonamides is 1. The number of thioether (sulfide) groups is 1. The molecule has 0 aliphatic carbocycles. The van der Waals surface area contributed by atoms with Crippen molar-refractivity contribution in [2.75, 3.05) is 14.1 Å². The standard InChI is InChI=1S/C21H28N4O3S2/c1-7-25-19(15-8-10-16(11-9-15)21(2,3)4)22-23-20(25)29-14-17-12-13-18(28-17)30(26,27)24(5)6/h8-13H,7,14H2,1-6H3. The van der Waals surface area contributed by atoms with Gasteiger partial charge in [0.15, 0.2) is 11.0 Å². The average Bonchev–Trinajstić information content (AvgIpc) is 3.32. The van der Waals surface area contributed by atoms with Crippen LogP contribution in [0.2, 0.25) is 0 Å². The molecule has 3 rings (SSSR count). The van der Waals surface area contributed by atoms with E-state index in [-0.39, 0.29) is 10.5 Å². The molecule has 0 saturated carbocycles. The van der Waals surface area contributed by atoms with Crippen LogP contribution in [0.3, 0.4) is 0 Å². The van der Waals surface area contributed by atoms with E-state index in [0.717, 1.165) is 27.4 Å². The van der Waals surface area contributed by atoms with Gasteiger partial charge >= 0.3 is 0 Å². The van der Waals surface area contributed by atoms with E-state index >= 15 is 0 Å². The van der Waals surface area contributed by atoms with Crippen LogP contribution in [-0.4, -0.2) is 41.6 Å². The normalized spacial score (nSPS) is 12.6. The summed E-state index contributed by atoms with van der Waals surface area (Å²) in [6.45, 7) is 9.35. The molecule has 0 fully saturated rings. The van der Waals surface area contributed by atoms with Crippen molar-refractivity contribution in [3.63, 3.8) is 0 Å². The monoisotopic (exact) mass is 448 g/mol. The molecular weight excluding hydrogens is 420 g/mol. The Morgan fingerprint density at radius 1 is 1.07 bits per heavy atom. The zero-order valence-corrected chi connectivity index (χ0v) is 19.8. The minimum Gasteiger partial charge on any atom is -0.447 e. The van der Waals surface area contributed by atoms with Crippen LogP contribution in [0.1, 0.15) is 39.0 Å². The number of furan rings is 1. The maximum Gasteiger partial charge on any atom is 0.275 e. The molecule has 0 atom stereocenters. The minimum absolute atomic E-state index is 0.0558. The summed E-state index contributed by atoms with van der Waals surface area (Å²) in [6, 6.07) is 11.6. The molecule has 2 heterocycles. The lowest BCUT2D eigenvalue weighted by atomic mass is 9.87. The topological polar surface area (TPSA) is 81.2 Å². The molecule has 7 nitrogen and oxygen atoms in total. The first-order valence-electron chi connectivity index (χ1n) is 9.72. The predicted octanol–water partition coefficient (Wildman–Crippen LogP) is 4.40. The smallest absolute Gasteiger partial charge is 0.275 e. The van der Waals surface area contributed by atoms with Crippen LogP contribution in [0, 0.1) is 0 Å². The quantitative estimate of drug-likeness (QED) is 0.499. The molecule has 0 spiro atoms. The molecule has 1 aromatic carbocycles. The lowest BCUT2D eigenvalue weighted by Gasteiger charge is -2.19. The van der Waals surface area contributed by atoms with Gasteiger partial charge in [0.2, 0.25) is 5.09 Å². The summed E-state index contributed by atoms with van der Waals surface area (Å²) >= 11 is 1.47. The van der Waals surface area contributed by atoms with Gasteiger partial charge in [0.25, 0.3) is 10.0 Å². The van der Waals surface area contributed by atoms with Crippen LogP contribution < -0.4 is 0 Å². The van der Waals surface area contributed by atoms with Gasteiger partial charge in [0, 0.05) is 26.2 Å². The summed E-state index contributed by atoms with van der Waals surface area (Å²) < 4.78 is 33.0. The first kappa shape index (κ1) is 22.6. The fourth-order valence-corrected chi connectivity index (χ4v) is 4.61. The highest BCUT2D eigenvalue weighted by Gasteiger charge is 2.22. The van der Waals surface area contributed by atoms with Gasteiger partial charge in [-0.1, -0.05) is 56.8 Å². The van der Waals surface area contributed by atoms with Crippen LogP contribution in [0.15, 0.2) is 51.1 Å². The van der Waals surface area contributed by atoms with E-state index in [2.05, 4.69) is 66.7 Å². The molecule has 0 unspecified atom stereocenters. The third-order valence-corrected chi connectivity index (χ3v) is 7.44. The Kier molecular flexibility index (Phi) is 6.45. The Morgan fingerprint density at radius 3 is 2.30 bits per heavy atom. The van der Waals surface area contributed by atoms with Gasteiger partial charge in [-0.2, -0.15) is 0 Å². The number of nitrogens with zero attached hydrogens (tertiary/aromatic N) is 4. The van der Waals surface area contributed by atoms with Crippen molar-refractivity contribution < 1.29 is 12.8 Å². The van der Waals surface area contributed by atoms with Crippen molar-refractivity contribution >= 4 is 21.8 Å². The van der Waals surface area contributed by atoms with Crippen molar-refractivity contribution in [2.24, 2.45) is 0 Å². The largest absolute Gasteiger partial charge is 0.447 e. The molecule has 0 aliphatic rings. The maximum atomic E-state index is 12.2. The van der Waals surface area contributed by atoms with Gasteiger partial charge < -0.3 is 8.98 Å². The van der Waals surface area contributed by atoms with E-state index in [9.17, 15) is 8.42 Å². The van der Waals surface area contributed by atoms with E-state index in [1.807, 2.05) is 0 Å². The van der Waals surface area contributed by atoms with Crippen molar-refractivity contribution in [3.8, 4) is 11.4 Å². The van der Waals surface area contributed by atoms with Crippen LogP contribution in [0.25, 0.3) is 11.4 Å². The predicted molar refractivity (Wildman–Crippen MR) is 119 cm³/mol. The van der Waals surface area contributed by atoms with Crippen LogP contribution in [0.4, 0.5) is 0 Å². The Balaban J connectivity index is 1.78. The summed E-state index contributed by atoms with van der Waals surface area (Å²) in [7, 11) is -0.618.